The molecule has 20 heavy (non-hydrogen) atoms. The van der Waals surface area contributed by atoms with Gasteiger partial charge in [-0.15, -0.1) is 5.06 Å². The minimum Gasteiger partial charge on any atom is -0.325 e. The first-order chi connectivity index (χ1) is 9.50. The number of fused-ring (bicyclic) bond motifs is 1. The molecule has 0 atom stereocenters. The zero-order valence-corrected chi connectivity index (χ0v) is 11.1. The molecule has 5 heteroatoms. The second-order valence-corrected chi connectivity index (χ2v) is 4.24. The van der Waals surface area contributed by atoms with Gasteiger partial charge in [-0.25, -0.2) is 4.79 Å². The molecule has 0 aliphatic heterocycles. The van der Waals surface area contributed by atoms with Crippen molar-refractivity contribution in [1.29, 1.82) is 0 Å². The first-order valence-corrected chi connectivity index (χ1v) is 6.02. The third-order valence-electron chi connectivity index (χ3n) is 2.76. The largest absolute Gasteiger partial charge is 0.364 e. The maximum absolute atomic E-state index is 12.1. The average Bonchev–Trinajstić information content (AvgIpc) is 2.43. The molecule has 0 spiro atoms. The molecule has 0 fully saturated rings. The lowest BCUT2D eigenvalue weighted by Crippen LogP contribution is -2.35. The Morgan fingerprint density at radius 1 is 0.900 bits per heavy atom. The number of carbonyl (C=O) groups is 3. The van der Waals surface area contributed by atoms with Crippen LogP contribution in [0.5, 0.6) is 0 Å². The Kier molecular flexibility index (Phi) is 3.79. The topological polar surface area (TPSA) is 63.7 Å². The molecule has 0 aliphatic carbocycles. The molecule has 0 unspecified atom stereocenters. The molecule has 2 rings (SSSR count). The van der Waals surface area contributed by atoms with Crippen LogP contribution in [0.2, 0.25) is 0 Å². The molecule has 0 aromatic heterocycles. The molecule has 0 saturated carbocycles. The predicted octanol–water partition coefficient (Wildman–Crippen LogP) is 2.31. The maximum Gasteiger partial charge on any atom is 0.364 e. The van der Waals surface area contributed by atoms with Crippen molar-refractivity contribution < 1.29 is 19.2 Å². The zero-order valence-electron chi connectivity index (χ0n) is 11.1. The summed E-state index contributed by atoms with van der Waals surface area (Å²) in [6.07, 6.45) is 0. The Labute approximate surface area is 115 Å². The summed E-state index contributed by atoms with van der Waals surface area (Å²) in [4.78, 5) is 39.5. The maximum atomic E-state index is 12.1. The van der Waals surface area contributed by atoms with Crippen LogP contribution in [-0.4, -0.2) is 22.8 Å². The second-order valence-electron chi connectivity index (χ2n) is 4.24. The number of hydrogen-bond acceptors (Lipinski definition) is 4. The molecule has 0 N–H and O–H groups in total. The van der Waals surface area contributed by atoms with Gasteiger partial charge in [0.05, 0.1) is 5.56 Å². The standard InChI is InChI=1S/C15H13NO4/c1-10(17)16(11(2)18)20-15(19)14-9-5-7-12-6-3-4-8-13(12)14/h3-9H,1-2H3. The highest BCUT2D eigenvalue weighted by molar-refractivity contribution is 6.05. The van der Waals surface area contributed by atoms with Crippen molar-refractivity contribution in [2.24, 2.45) is 0 Å². The summed E-state index contributed by atoms with van der Waals surface area (Å²) in [6.45, 7) is 2.30. The SMILES string of the molecule is CC(=O)N(OC(=O)c1cccc2ccccc12)C(C)=O. The summed E-state index contributed by atoms with van der Waals surface area (Å²) >= 11 is 0. The number of carbonyl (C=O) groups excluding carboxylic acids is 3. The fourth-order valence-corrected chi connectivity index (χ4v) is 1.89. The smallest absolute Gasteiger partial charge is 0.325 e. The molecule has 102 valence electrons. The Balaban J connectivity index is 2.37. The summed E-state index contributed by atoms with van der Waals surface area (Å²) in [5.74, 6) is -2.04. The number of imide groups is 1. The summed E-state index contributed by atoms with van der Waals surface area (Å²) < 4.78 is 0. The Bertz CT molecular complexity index is 674. The van der Waals surface area contributed by atoms with Crippen LogP contribution >= 0.6 is 0 Å². The molecule has 2 aromatic carbocycles. The van der Waals surface area contributed by atoms with E-state index < -0.39 is 17.8 Å². The van der Waals surface area contributed by atoms with Crippen molar-refractivity contribution >= 4 is 28.6 Å². The second kappa shape index (κ2) is 5.52. The van der Waals surface area contributed by atoms with E-state index in [2.05, 4.69) is 0 Å². The number of rotatable bonds is 1. The van der Waals surface area contributed by atoms with E-state index in [9.17, 15) is 14.4 Å². The number of hydroxylamine groups is 2. The summed E-state index contributed by atoms with van der Waals surface area (Å²) in [7, 11) is 0. The predicted molar refractivity (Wildman–Crippen MR) is 72.6 cm³/mol. The first-order valence-electron chi connectivity index (χ1n) is 6.02. The van der Waals surface area contributed by atoms with E-state index in [1.807, 2.05) is 18.2 Å². The summed E-state index contributed by atoms with van der Waals surface area (Å²) in [5, 5.41) is 2.02. The van der Waals surface area contributed by atoms with E-state index in [0.29, 0.717) is 16.0 Å². The van der Waals surface area contributed by atoms with E-state index in [0.717, 1.165) is 19.2 Å². The van der Waals surface area contributed by atoms with Gasteiger partial charge in [0.1, 0.15) is 0 Å². The molecule has 0 radical (unpaired) electrons. The van der Waals surface area contributed by atoms with Gasteiger partial charge in [0.2, 0.25) is 0 Å². The summed E-state index contributed by atoms with van der Waals surface area (Å²) in [5.41, 5.74) is 0.301. The van der Waals surface area contributed by atoms with E-state index in [1.165, 1.54) is 0 Å². The molecule has 0 aliphatic rings. The monoisotopic (exact) mass is 271 g/mol. The minimum atomic E-state index is -0.743. The van der Waals surface area contributed by atoms with Crippen LogP contribution < -0.4 is 0 Å². The lowest BCUT2D eigenvalue weighted by Gasteiger charge is -2.16. The van der Waals surface area contributed by atoms with Crippen LogP contribution in [0.25, 0.3) is 10.8 Å². The van der Waals surface area contributed by atoms with Crippen molar-refractivity contribution in [1.82, 2.24) is 5.06 Å². The minimum absolute atomic E-state index is 0.301. The number of nitrogens with zero attached hydrogens (tertiary/aromatic N) is 1. The third-order valence-corrected chi connectivity index (χ3v) is 2.76. The molecule has 0 saturated heterocycles. The molecule has 0 bridgehead atoms. The van der Waals surface area contributed by atoms with Gasteiger partial charge in [0.25, 0.3) is 11.8 Å². The molecule has 0 heterocycles. The highest BCUT2D eigenvalue weighted by Gasteiger charge is 2.21. The Hall–Kier alpha value is -2.69. The van der Waals surface area contributed by atoms with E-state index in [4.69, 9.17) is 4.84 Å². The third kappa shape index (κ3) is 2.66. The van der Waals surface area contributed by atoms with E-state index in [1.54, 1.807) is 24.3 Å². The normalized spacial score (nSPS) is 10.1. The Morgan fingerprint density at radius 2 is 1.50 bits per heavy atom. The van der Waals surface area contributed by atoms with Crippen LogP contribution in [0.1, 0.15) is 24.2 Å². The highest BCUT2D eigenvalue weighted by atomic mass is 16.7. The zero-order chi connectivity index (χ0) is 14.7. The van der Waals surface area contributed by atoms with Crippen LogP contribution in [0.4, 0.5) is 0 Å². The van der Waals surface area contributed by atoms with Gasteiger partial charge in [-0.3, -0.25) is 9.59 Å². The van der Waals surface area contributed by atoms with Gasteiger partial charge in [0, 0.05) is 13.8 Å². The fraction of sp³-hybridized carbons (Fsp3) is 0.133. The van der Waals surface area contributed by atoms with E-state index in [-0.39, 0.29) is 0 Å². The fourth-order valence-electron chi connectivity index (χ4n) is 1.89. The van der Waals surface area contributed by atoms with Crippen LogP contribution in [0.15, 0.2) is 42.5 Å². The molecular weight excluding hydrogens is 258 g/mol. The van der Waals surface area contributed by atoms with Gasteiger partial charge in [-0.2, -0.15) is 0 Å². The van der Waals surface area contributed by atoms with Crippen LogP contribution in [-0.2, 0) is 14.4 Å². The van der Waals surface area contributed by atoms with Crippen LogP contribution in [0, 0.1) is 0 Å². The van der Waals surface area contributed by atoms with Gasteiger partial charge in [0.15, 0.2) is 0 Å². The Morgan fingerprint density at radius 3 is 2.15 bits per heavy atom. The average molecular weight is 271 g/mol. The lowest BCUT2D eigenvalue weighted by molar-refractivity contribution is -0.177. The van der Waals surface area contributed by atoms with Crippen molar-refractivity contribution in [3.63, 3.8) is 0 Å². The van der Waals surface area contributed by atoms with E-state index >= 15 is 0 Å². The van der Waals surface area contributed by atoms with Crippen molar-refractivity contribution in [2.45, 2.75) is 13.8 Å². The van der Waals surface area contributed by atoms with Gasteiger partial charge in [-0.1, -0.05) is 36.4 Å². The highest BCUT2D eigenvalue weighted by Crippen LogP contribution is 2.19. The number of hydrogen-bond donors (Lipinski definition) is 0. The first kappa shape index (κ1) is 13.7. The quantitative estimate of drug-likeness (QED) is 0.747. The number of amides is 2. The molecule has 2 aromatic rings. The molecule has 2 amide bonds. The van der Waals surface area contributed by atoms with Crippen molar-refractivity contribution in [3.05, 3.63) is 48.0 Å². The van der Waals surface area contributed by atoms with Gasteiger partial charge in [-0.05, 0) is 16.8 Å². The van der Waals surface area contributed by atoms with Gasteiger partial charge < -0.3 is 4.84 Å². The lowest BCUT2D eigenvalue weighted by atomic mass is 10.1. The van der Waals surface area contributed by atoms with Crippen molar-refractivity contribution in [3.8, 4) is 0 Å². The van der Waals surface area contributed by atoms with Crippen molar-refractivity contribution in [2.75, 3.05) is 0 Å². The summed E-state index contributed by atoms with van der Waals surface area (Å²) in [6, 6.07) is 12.5. The molecular formula is C15H13NO4. The molecule has 5 nitrogen and oxygen atoms in total. The van der Waals surface area contributed by atoms with Crippen LogP contribution in [0.3, 0.4) is 0 Å². The number of benzene rings is 2. The van der Waals surface area contributed by atoms with Gasteiger partial charge >= 0.3 is 5.97 Å².